The van der Waals surface area contributed by atoms with Gasteiger partial charge in [-0.2, -0.15) is 0 Å². The number of aromatic nitrogens is 4. The normalized spacial score (nSPS) is 10.6. The molecule has 1 N–H and O–H groups in total. The standard InChI is InChI=1S/C12H17N5/c1-5-9-8(2)15-11(16-10(9)13-3)12-14-6-7-17(12)4/h6-7H,5H2,1-4H3,(H,13,15,16). The fraction of sp³-hybridized carbons (Fsp3) is 0.417. The summed E-state index contributed by atoms with van der Waals surface area (Å²) in [6, 6.07) is 0. The maximum absolute atomic E-state index is 4.52. The zero-order valence-electron chi connectivity index (χ0n) is 10.7. The second kappa shape index (κ2) is 4.53. The van der Waals surface area contributed by atoms with Crippen molar-refractivity contribution in [3.63, 3.8) is 0 Å². The SMILES string of the molecule is CCc1c(C)nc(-c2nccn2C)nc1NC. The van der Waals surface area contributed by atoms with Crippen molar-refractivity contribution in [3.8, 4) is 11.6 Å². The van der Waals surface area contributed by atoms with Gasteiger partial charge in [0.2, 0.25) is 0 Å². The Kier molecular flexibility index (Phi) is 3.08. The smallest absolute Gasteiger partial charge is 0.198 e. The van der Waals surface area contributed by atoms with Gasteiger partial charge in [-0.15, -0.1) is 0 Å². The van der Waals surface area contributed by atoms with Crippen LogP contribution >= 0.6 is 0 Å². The molecule has 5 heteroatoms. The summed E-state index contributed by atoms with van der Waals surface area (Å²) in [5.41, 5.74) is 2.16. The lowest BCUT2D eigenvalue weighted by Crippen LogP contribution is -2.06. The topological polar surface area (TPSA) is 55.6 Å². The maximum atomic E-state index is 4.52. The van der Waals surface area contributed by atoms with Crippen molar-refractivity contribution in [2.75, 3.05) is 12.4 Å². The average molecular weight is 231 g/mol. The Morgan fingerprint density at radius 2 is 2.12 bits per heavy atom. The predicted octanol–water partition coefficient (Wildman–Crippen LogP) is 1.79. The molecule has 2 heterocycles. The molecule has 0 atom stereocenters. The van der Waals surface area contributed by atoms with E-state index >= 15 is 0 Å². The molecule has 5 nitrogen and oxygen atoms in total. The second-order valence-electron chi connectivity index (χ2n) is 3.93. The van der Waals surface area contributed by atoms with Crippen molar-refractivity contribution in [1.29, 1.82) is 0 Å². The zero-order valence-corrected chi connectivity index (χ0v) is 10.7. The van der Waals surface area contributed by atoms with Crippen LogP contribution < -0.4 is 5.32 Å². The van der Waals surface area contributed by atoms with Crippen LogP contribution in [-0.4, -0.2) is 26.6 Å². The Morgan fingerprint density at radius 1 is 1.35 bits per heavy atom. The van der Waals surface area contributed by atoms with E-state index in [-0.39, 0.29) is 0 Å². The molecule has 0 saturated heterocycles. The van der Waals surface area contributed by atoms with E-state index in [4.69, 9.17) is 0 Å². The molecular formula is C12H17N5. The molecule has 2 aromatic rings. The highest BCUT2D eigenvalue weighted by Crippen LogP contribution is 2.20. The summed E-state index contributed by atoms with van der Waals surface area (Å²) in [5.74, 6) is 2.34. The van der Waals surface area contributed by atoms with Gasteiger partial charge in [0.1, 0.15) is 5.82 Å². The predicted molar refractivity (Wildman–Crippen MR) is 67.9 cm³/mol. The summed E-state index contributed by atoms with van der Waals surface area (Å²) in [7, 11) is 3.82. The van der Waals surface area contributed by atoms with Crippen LogP contribution in [0.25, 0.3) is 11.6 Å². The van der Waals surface area contributed by atoms with E-state index in [1.54, 1.807) is 6.20 Å². The number of nitrogens with one attached hydrogen (secondary N) is 1. The molecule has 0 amide bonds. The van der Waals surface area contributed by atoms with Crippen LogP contribution in [0.5, 0.6) is 0 Å². The second-order valence-corrected chi connectivity index (χ2v) is 3.93. The Balaban J connectivity index is 2.58. The highest BCUT2D eigenvalue weighted by molar-refractivity contribution is 5.54. The number of aryl methyl sites for hydroxylation is 2. The summed E-state index contributed by atoms with van der Waals surface area (Å²) in [6.45, 7) is 4.11. The van der Waals surface area contributed by atoms with Crippen molar-refractivity contribution < 1.29 is 0 Å². The first-order valence-electron chi connectivity index (χ1n) is 5.70. The van der Waals surface area contributed by atoms with Gasteiger partial charge in [0, 0.05) is 37.7 Å². The summed E-state index contributed by atoms with van der Waals surface area (Å²) in [5, 5.41) is 3.12. The lowest BCUT2D eigenvalue weighted by molar-refractivity contribution is 0.896. The van der Waals surface area contributed by atoms with E-state index in [0.717, 1.165) is 29.3 Å². The van der Waals surface area contributed by atoms with Crippen LogP contribution in [0, 0.1) is 6.92 Å². The first-order valence-corrected chi connectivity index (χ1v) is 5.70. The van der Waals surface area contributed by atoms with Crippen LogP contribution in [0.3, 0.4) is 0 Å². The quantitative estimate of drug-likeness (QED) is 0.875. The van der Waals surface area contributed by atoms with Crippen molar-refractivity contribution in [1.82, 2.24) is 19.5 Å². The molecule has 17 heavy (non-hydrogen) atoms. The molecule has 0 unspecified atom stereocenters. The minimum atomic E-state index is 0.663. The zero-order chi connectivity index (χ0) is 12.4. The molecule has 0 spiro atoms. The number of imidazole rings is 1. The van der Waals surface area contributed by atoms with Gasteiger partial charge in [-0.25, -0.2) is 15.0 Å². The lowest BCUT2D eigenvalue weighted by atomic mass is 10.1. The summed E-state index contributed by atoms with van der Waals surface area (Å²) in [6.07, 6.45) is 4.56. The van der Waals surface area contributed by atoms with E-state index in [9.17, 15) is 0 Å². The summed E-state index contributed by atoms with van der Waals surface area (Å²) in [4.78, 5) is 13.3. The van der Waals surface area contributed by atoms with Crippen LogP contribution in [0.4, 0.5) is 5.82 Å². The highest BCUT2D eigenvalue weighted by atomic mass is 15.1. The number of hydrogen-bond donors (Lipinski definition) is 1. The fourth-order valence-electron chi connectivity index (χ4n) is 1.91. The largest absolute Gasteiger partial charge is 0.373 e. The summed E-state index contributed by atoms with van der Waals surface area (Å²) < 4.78 is 1.92. The van der Waals surface area contributed by atoms with Gasteiger partial charge < -0.3 is 9.88 Å². The molecule has 90 valence electrons. The van der Waals surface area contributed by atoms with Crippen LogP contribution in [0.2, 0.25) is 0 Å². The number of rotatable bonds is 3. The van der Waals surface area contributed by atoms with Crippen molar-refractivity contribution in [2.45, 2.75) is 20.3 Å². The molecule has 2 aromatic heterocycles. The molecule has 2 rings (SSSR count). The molecule has 0 saturated carbocycles. The number of anilines is 1. The van der Waals surface area contributed by atoms with Crippen LogP contribution in [0.15, 0.2) is 12.4 Å². The monoisotopic (exact) mass is 231 g/mol. The van der Waals surface area contributed by atoms with Gasteiger partial charge in [0.15, 0.2) is 11.6 Å². The van der Waals surface area contributed by atoms with Gasteiger partial charge in [0.25, 0.3) is 0 Å². The van der Waals surface area contributed by atoms with Gasteiger partial charge in [0.05, 0.1) is 0 Å². The number of nitrogens with zero attached hydrogens (tertiary/aromatic N) is 4. The van der Waals surface area contributed by atoms with E-state index in [1.165, 1.54) is 0 Å². The van der Waals surface area contributed by atoms with Crippen molar-refractivity contribution in [3.05, 3.63) is 23.7 Å². The molecule has 0 aliphatic rings. The van der Waals surface area contributed by atoms with Gasteiger partial charge in [-0.1, -0.05) is 6.92 Å². The Labute approximate surface area is 101 Å². The number of hydrogen-bond acceptors (Lipinski definition) is 4. The third kappa shape index (κ3) is 2.00. The molecule has 0 aliphatic carbocycles. The summed E-state index contributed by atoms with van der Waals surface area (Å²) >= 11 is 0. The molecule has 0 radical (unpaired) electrons. The van der Waals surface area contributed by atoms with Crippen molar-refractivity contribution >= 4 is 5.82 Å². The highest BCUT2D eigenvalue weighted by Gasteiger charge is 2.12. The Bertz CT molecular complexity index is 530. The van der Waals surface area contributed by atoms with Crippen LogP contribution in [0.1, 0.15) is 18.2 Å². The van der Waals surface area contributed by atoms with Gasteiger partial charge in [-0.05, 0) is 13.3 Å². The molecule has 0 bridgehead atoms. The molecule has 0 aromatic carbocycles. The minimum absolute atomic E-state index is 0.663. The lowest BCUT2D eigenvalue weighted by Gasteiger charge is -2.11. The molecule has 0 fully saturated rings. The Hall–Kier alpha value is -1.91. The Morgan fingerprint density at radius 3 is 2.65 bits per heavy atom. The molecule has 0 aliphatic heterocycles. The van der Waals surface area contributed by atoms with Crippen LogP contribution in [-0.2, 0) is 13.5 Å². The maximum Gasteiger partial charge on any atom is 0.198 e. The first kappa shape index (κ1) is 11.6. The van der Waals surface area contributed by atoms with E-state index < -0.39 is 0 Å². The average Bonchev–Trinajstić information content (AvgIpc) is 2.74. The third-order valence-corrected chi connectivity index (χ3v) is 2.83. The fourth-order valence-corrected chi connectivity index (χ4v) is 1.91. The van der Waals surface area contributed by atoms with E-state index in [1.807, 2.05) is 31.8 Å². The van der Waals surface area contributed by atoms with Crippen molar-refractivity contribution in [2.24, 2.45) is 7.05 Å². The first-order chi connectivity index (χ1) is 8.17. The third-order valence-electron chi connectivity index (χ3n) is 2.83. The van der Waals surface area contributed by atoms with E-state index in [0.29, 0.717) is 5.82 Å². The minimum Gasteiger partial charge on any atom is -0.373 e. The van der Waals surface area contributed by atoms with Gasteiger partial charge >= 0.3 is 0 Å². The molecular weight excluding hydrogens is 214 g/mol. The van der Waals surface area contributed by atoms with E-state index in [2.05, 4.69) is 27.2 Å². The van der Waals surface area contributed by atoms with Gasteiger partial charge in [-0.3, -0.25) is 0 Å².